The van der Waals surface area contributed by atoms with Gasteiger partial charge in [0.25, 0.3) is 0 Å². The molecule has 0 aromatic rings. The maximum absolute atomic E-state index is 10.9. The summed E-state index contributed by atoms with van der Waals surface area (Å²) in [5.41, 5.74) is -1.50. The Morgan fingerprint density at radius 1 is 1.14 bits per heavy atom. The van der Waals surface area contributed by atoms with Crippen molar-refractivity contribution in [2.24, 2.45) is 0 Å². The molecule has 2 heteroatoms. The summed E-state index contributed by atoms with van der Waals surface area (Å²) in [7, 11) is 0. The van der Waals surface area contributed by atoms with Gasteiger partial charge >= 0.3 is 0 Å². The molecule has 2 nitrogen and oxygen atoms in total. The SMILES string of the molecule is CCCCC#C[C@@](O)(/C=C/CCCC)[C@H](C)OC(C)(C)C. The lowest BCUT2D eigenvalue weighted by Gasteiger charge is -2.32. The monoisotopic (exact) mass is 294 g/mol. The van der Waals surface area contributed by atoms with Crippen molar-refractivity contribution in [1.29, 1.82) is 0 Å². The van der Waals surface area contributed by atoms with Crippen LogP contribution < -0.4 is 0 Å². The van der Waals surface area contributed by atoms with Gasteiger partial charge in [0.05, 0.1) is 11.7 Å². The second-order valence-corrected chi connectivity index (χ2v) is 6.65. The van der Waals surface area contributed by atoms with Crippen LogP contribution in [-0.2, 0) is 4.74 Å². The first-order chi connectivity index (χ1) is 9.75. The van der Waals surface area contributed by atoms with Gasteiger partial charge in [-0.25, -0.2) is 0 Å². The number of allylic oxidation sites excluding steroid dienone is 1. The van der Waals surface area contributed by atoms with E-state index in [-0.39, 0.29) is 11.7 Å². The van der Waals surface area contributed by atoms with E-state index in [9.17, 15) is 5.11 Å². The van der Waals surface area contributed by atoms with Gasteiger partial charge < -0.3 is 9.84 Å². The lowest BCUT2D eigenvalue weighted by Crippen LogP contribution is -2.43. The van der Waals surface area contributed by atoms with Crippen molar-refractivity contribution in [3.05, 3.63) is 12.2 Å². The number of rotatable bonds is 8. The predicted molar refractivity (Wildman–Crippen MR) is 91.2 cm³/mol. The van der Waals surface area contributed by atoms with E-state index in [1.54, 1.807) is 0 Å². The molecule has 0 aliphatic rings. The molecule has 0 aromatic heterocycles. The van der Waals surface area contributed by atoms with Crippen LogP contribution in [0.3, 0.4) is 0 Å². The quantitative estimate of drug-likeness (QED) is 0.393. The molecule has 0 saturated heterocycles. The molecular formula is C19H34O2. The molecule has 0 spiro atoms. The van der Waals surface area contributed by atoms with Gasteiger partial charge in [-0.15, -0.1) is 0 Å². The fraction of sp³-hybridized carbons (Fsp3) is 0.789. The Balaban J connectivity index is 4.95. The summed E-state index contributed by atoms with van der Waals surface area (Å²) in [5.74, 6) is 6.13. The Morgan fingerprint density at radius 2 is 1.76 bits per heavy atom. The minimum atomic E-state index is -1.20. The van der Waals surface area contributed by atoms with E-state index in [1.165, 1.54) is 0 Å². The van der Waals surface area contributed by atoms with Gasteiger partial charge in [0.1, 0.15) is 0 Å². The first-order valence-electron chi connectivity index (χ1n) is 8.33. The van der Waals surface area contributed by atoms with Crippen molar-refractivity contribution < 1.29 is 9.84 Å². The van der Waals surface area contributed by atoms with E-state index in [0.717, 1.165) is 38.5 Å². The molecule has 0 aliphatic heterocycles. The second-order valence-electron chi connectivity index (χ2n) is 6.65. The van der Waals surface area contributed by atoms with Crippen LogP contribution in [0.25, 0.3) is 0 Å². The maximum atomic E-state index is 10.9. The van der Waals surface area contributed by atoms with Crippen LogP contribution in [0.1, 0.15) is 80.1 Å². The lowest BCUT2D eigenvalue weighted by molar-refractivity contribution is -0.111. The Kier molecular flexibility index (Phi) is 9.66. The third kappa shape index (κ3) is 9.72. The topological polar surface area (TPSA) is 29.5 Å². The van der Waals surface area contributed by atoms with Gasteiger partial charge in [-0.1, -0.05) is 51.0 Å². The van der Waals surface area contributed by atoms with Crippen LogP contribution in [0.15, 0.2) is 12.2 Å². The van der Waals surface area contributed by atoms with Gasteiger partial charge in [-0.3, -0.25) is 0 Å². The van der Waals surface area contributed by atoms with Gasteiger partial charge in [0, 0.05) is 6.42 Å². The highest BCUT2D eigenvalue weighted by Crippen LogP contribution is 2.21. The first-order valence-corrected chi connectivity index (χ1v) is 8.33. The van der Waals surface area contributed by atoms with Crippen LogP contribution in [0.5, 0.6) is 0 Å². The van der Waals surface area contributed by atoms with Crippen molar-refractivity contribution in [3.8, 4) is 11.8 Å². The van der Waals surface area contributed by atoms with Crippen molar-refractivity contribution in [1.82, 2.24) is 0 Å². The molecule has 0 bridgehead atoms. The number of aliphatic hydroxyl groups is 1. The highest BCUT2D eigenvalue weighted by atomic mass is 16.5. The standard InChI is InChI=1S/C19H34O2/c1-7-9-11-13-15-19(20,16-14-12-10-8-2)17(3)21-18(4,5)6/h13,15,17,20H,7-12H2,1-6H3/b15-13+/t17-,19-/m0/s1. The third-order valence-electron chi connectivity index (χ3n) is 3.19. The smallest absolute Gasteiger partial charge is 0.169 e. The summed E-state index contributed by atoms with van der Waals surface area (Å²) in [5, 5.41) is 10.9. The third-order valence-corrected chi connectivity index (χ3v) is 3.19. The van der Waals surface area contributed by atoms with Crippen LogP contribution >= 0.6 is 0 Å². The van der Waals surface area contributed by atoms with Gasteiger partial charge in [0.2, 0.25) is 0 Å². The van der Waals surface area contributed by atoms with Crippen molar-refractivity contribution in [2.45, 2.75) is 97.4 Å². The first kappa shape index (κ1) is 20.2. The van der Waals surface area contributed by atoms with Crippen LogP contribution in [0, 0.1) is 11.8 Å². The fourth-order valence-corrected chi connectivity index (χ4v) is 1.95. The molecule has 0 fully saturated rings. The molecule has 0 amide bonds. The molecule has 0 saturated carbocycles. The van der Waals surface area contributed by atoms with Gasteiger partial charge in [-0.05, 0) is 46.6 Å². The van der Waals surface area contributed by atoms with E-state index >= 15 is 0 Å². The van der Waals surface area contributed by atoms with E-state index < -0.39 is 5.60 Å². The zero-order valence-corrected chi connectivity index (χ0v) is 14.8. The number of unbranched alkanes of at least 4 members (excludes halogenated alkanes) is 4. The highest BCUT2D eigenvalue weighted by molar-refractivity contribution is 5.25. The van der Waals surface area contributed by atoms with E-state index in [1.807, 2.05) is 39.8 Å². The minimum Gasteiger partial charge on any atom is -0.371 e. The van der Waals surface area contributed by atoms with Crippen molar-refractivity contribution in [3.63, 3.8) is 0 Å². The minimum absolute atomic E-state index is 0.296. The Hall–Kier alpha value is -0.780. The normalized spacial score (nSPS) is 16.3. The largest absolute Gasteiger partial charge is 0.371 e. The molecule has 1 N–H and O–H groups in total. The summed E-state index contributed by atoms with van der Waals surface area (Å²) < 4.78 is 5.91. The van der Waals surface area contributed by atoms with Crippen molar-refractivity contribution in [2.75, 3.05) is 0 Å². The Morgan fingerprint density at radius 3 is 2.29 bits per heavy atom. The summed E-state index contributed by atoms with van der Waals surface area (Å²) >= 11 is 0. The molecule has 0 heterocycles. The van der Waals surface area contributed by atoms with Gasteiger partial charge in [0.15, 0.2) is 5.60 Å². The zero-order valence-electron chi connectivity index (χ0n) is 14.8. The highest BCUT2D eigenvalue weighted by Gasteiger charge is 2.32. The molecule has 0 unspecified atom stereocenters. The van der Waals surface area contributed by atoms with Crippen LogP contribution in [0.2, 0.25) is 0 Å². The van der Waals surface area contributed by atoms with E-state index in [2.05, 4.69) is 25.7 Å². The summed E-state index contributed by atoms with van der Waals surface area (Å²) in [6.45, 7) is 12.2. The molecule has 0 radical (unpaired) electrons. The zero-order chi connectivity index (χ0) is 16.4. The number of hydrogen-bond acceptors (Lipinski definition) is 2. The van der Waals surface area contributed by atoms with E-state index in [0.29, 0.717) is 0 Å². The Bertz CT molecular complexity index is 354. The molecule has 2 atom stereocenters. The average Bonchev–Trinajstić information content (AvgIpc) is 2.38. The lowest BCUT2D eigenvalue weighted by atomic mass is 9.95. The van der Waals surface area contributed by atoms with Crippen molar-refractivity contribution >= 4 is 0 Å². The maximum Gasteiger partial charge on any atom is 0.169 e. The molecule has 0 aliphatic carbocycles. The summed E-state index contributed by atoms with van der Waals surface area (Å²) in [4.78, 5) is 0. The van der Waals surface area contributed by atoms with E-state index in [4.69, 9.17) is 4.74 Å². The summed E-state index contributed by atoms with van der Waals surface area (Å²) in [6.07, 6.45) is 9.75. The molecular weight excluding hydrogens is 260 g/mol. The molecule has 122 valence electrons. The molecule has 0 aromatic carbocycles. The molecule has 21 heavy (non-hydrogen) atoms. The fourth-order valence-electron chi connectivity index (χ4n) is 1.95. The number of ether oxygens (including phenoxy) is 1. The number of hydrogen-bond donors (Lipinski definition) is 1. The Labute approximate surface area is 132 Å². The van der Waals surface area contributed by atoms with Crippen LogP contribution in [0.4, 0.5) is 0 Å². The molecule has 0 rings (SSSR count). The second kappa shape index (κ2) is 10.0. The average molecular weight is 294 g/mol. The van der Waals surface area contributed by atoms with Gasteiger partial charge in [-0.2, -0.15) is 0 Å². The predicted octanol–water partition coefficient (Wildman–Crippen LogP) is 4.86. The van der Waals surface area contributed by atoms with Crippen LogP contribution in [-0.4, -0.2) is 22.4 Å². The summed E-state index contributed by atoms with van der Waals surface area (Å²) in [6, 6.07) is 0.